The maximum absolute atomic E-state index is 12.1. The topological polar surface area (TPSA) is 32.3 Å². The first-order valence-electron chi connectivity index (χ1n) is 6.82. The van der Waals surface area contributed by atoms with Crippen LogP contribution in [0.5, 0.6) is 0 Å². The molecule has 1 unspecified atom stereocenters. The predicted octanol–water partition coefficient (Wildman–Crippen LogP) is 2.32. The fourth-order valence-corrected chi connectivity index (χ4v) is 1.70. The van der Waals surface area contributed by atoms with Gasteiger partial charge in [-0.25, -0.2) is 0 Å². The summed E-state index contributed by atoms with van der Waals surface area (Å²) in [5.41, 5.74) is 1.18. The van der Waals surface area contributed by atoms with Crippen LogP contribution in [0.15, 0.2) is 30.3 Å². The number of nitrogens with one attached hydrogen (secondary N) is 1. The molecule has 0 aliphatic heterocycles. The molecule has 1 amide bonds. The molecule has 1 aromatic carbocycles. The number of rotatable bonds is 6. The maximum atomic E-state index is 12.1. The van der Waals surface area contributed by atoms with Crippen molar-refractivity contribution in [3.8, 4) is 0 Å². The summed E-state index contributed by atoms with van der Waals surface area (Å²) in [6, 6.07) is 10.1. The van der Waals surface area contributed by atoms with E-state index in [-0.39, 0.29) is 17.4 Å². The van der Waals surface area contributed by atoms with Crippen LogP contribution in [-0.4, -0.2) is 37.0 Å². The van der Waals surface area contributed by atoms with Gasteiger partial charge in [-0.05, 0) is 39.9 Å². The average molecular weight is 262 g/mol. The van der Waals surface area contributed by atoms with Crippen molar-refractivity contribution < 1.29 is 4.79 Å². The van der Waals surface area contributed by atoms with Crippen molar-refractivity contribution >= 4 is 5.91 Å². The Hall–Kier alpha value is -1.35. The maximum Gasteiger partial charge on any atom is 0.223 e. The van der Waals surface area contributed by atoms with E-state index in [2.05, 4.69) is 36.2 Å². The lowest BCUT2D eigenvalue weighted by Gasteiger charge is -2.33. The Morgan fingerprint density at radius 3 is 2.37 bits per heavy atom. The van der Waals surface area contributed by atoms with Crippen LogP contribution in [-0.2, 0) is 11.2 Å². The van der Waals surface area contributed by atoms with Gasteiger partial charge in [0.15, 0.2) is 0 Å². The number of carbonyl (C=O) groups is 1. The molecule has 0 aliphatic carbocycles. The highest BCUT2D eigenvalue weighted by Gasteiger charge is 2.22. The van der Waals surface area contributed by atoms with Crippen molar-refractivity contribution in [3.05, 3.63) is 35.9 Å². The molecular formula is C16H26N2O. The van der Waals surface area contributed by atoms with Gasteiger partial charge in [0.1, 0.15) is 0 Å². The molecule has 3 heteroatoms. The van der Waals surface area contributed by atoms with Crippen LogP contribution in [0.3, 0.4) is 0 Å². The van der Waals surface area contributed by atoms with E-state index in [4.69, 9.17) is 0 Å². The minimum absolute atomic E-state index is 0.000335. The summed E-state index contributed by atoms with van der Waals surface area (Å²) < 4.78 is 0. The number of nitrogens with zero attached hydrogens (tertiary/aromatic N) is 1. The first-order valence-corrected chi connectivity index (χ1v) is 6.82. The molecule has 0 heterocycles. The number of benzene rings is 1. The number of carbonyl (C=O) groups excluding carboxylic acids is 1. The summed E-state index contributed by atoms with van der Waals surface area (Å²) in [4.78, 5) is 14.2. The molecule has 3 nitrogen and oxygen atoms in total. The van der Waals surface area contributed by atoms with E-state index in [1.165, 1.54) is 5.56 Å². The van der Waals surface area contributed by atoms with Crippen molar-refractivity contribution in [2.45, 2.75) is 32.7 Å². The summed E-state index contributed by atoms with van der Waals surface area (Å²) in [7, 11) is 4.05. The van der Waals surface area contributed by atoms with Crippen LogP contribution in [0.2, 0.25) is 0 Å². The Morgan fingerprint density at radius 2 is 1.84 bits per heavy atom. The fourth-order valence-electron chi connectivity index (χ4n) is 1.70. The van der Waals surface area contributed by atoms with Crippen molar-refractivity contribution in [1.82, 2.24) is 10.2 Å². The quantitative estimate of drug-likeness (QED) is 0.853. The summed E-state index contributed by atoms with van der Waals surface area (Å²) in [5.74, 6) is 0.124. The van der Waals surface area contributed by atoms with Gasteiger partial charge in [-0.15, -0.1) is 0 Å². The van der Waals surface area contributed by atoms with Gasteiger partial charge in [0.25, 0.3) is 0 Å². The zero-order valence-electron chi connectivity index (χ0n) is 12.7. The molecule has 1 rings (SSSR count). The minimum atomic E-state index is -0.0257. The lowest BCUT2D eigenvalue weighted by molar-refractivity contribution is -0.124. The van der Waals surface area contributed by atoms with Crippen LogP contribution in [0, 0.1) is 5.92 Å². The van der Waals surface area contributed by atoms with Crippen molar-refractivity contribution in [2.24, 2.45) is 5.92 Å². The van der Waals surface area contributed by atoms with E-state index in [1.807, 2.05) is 39.2 Å². The second kappa shape index (κ2) is 6.71. The molecule has 1 N–H and O–H groups in total. The second-order valence-corrected chi connectivity index (χ2v) is 6.02. The molecule has 0 bridgehead atoms. The first-order chi connectivity index (χ1) is 8.83. The number of hydrogen-bond donors (Lipinski definition) is 1. The normalized spacial score (nSPS) is 13.4. The molecule has 106 valence electrons. The van der Waals surface area contributed by atoms with Crippen molar-refractivity contribution in [2.75, 3.05) is 20.6 Å². The molecule has 0 spiro atoms. The molecule has 0 radical (unpaired) electrons. The standard InChI is InChI=1S/C16H26N2O/c1-13(11-14-9-7-6-8-10-14)15(19)17-12-16(2,3)18(4)5/h6-10,13H,11-12H2,1-5H3,(H,17,19). The van der Waals surface area contributed by atoms with Crippen molar-refractivity contribution in [1.29, 1.82) is 0 Å². The van der Waals surface area contributed by atoms with Crippen LogP contribution in [0.25, 0.3) is 0 Å². The van der Waals surface area contributed by atoms with E-state index in [1.54, 1.807) is 0 Å². The summed E-state index contributed by atoms with van der Waals surface area (Å²) in [6.07, 6.45) is 0.787. The Labute approximate surface area is 117 Å². The van der Waals surface area contributed by atoms with Crippen molar-refractivity contribution in [3.63, 3.8) is 0 Å². The second-order valence-electron chi connectivity index (χ2n) is 6.02. The lowest BCUT2D eigenvalue weighted by atomic mass is 9.99. The molecule has 1 aromatic rings. The van der Waals surface area contributed by atoms with E-state index in [0.717, 1.165) is 6.42 Å². The van der Waals surface area contributed by atoms with Gasteiger partial charge in [0.2, 0.25) is 5.91 Å². The predicted molar refractivity (Wildman–Crippen MR) is 80.1 cm³/mol. The highest BCUT2D eigenvalue weighted by atomic mass is 16.1. The van der Waals surface area contributed by atoms with E-state index < -0.39 is 0 Å². The van der Waals surface area contributed by atoms with Crippen LogP contribution >= 0.6 is 0 Å². The fraction of sp³-hybridized carbons (Fsp3) is 0.562. The van der Waals surface area contributed by atoms with Crippen LogP contribution in [0.1, 0.15) is 26.3 Å². The molecule has 0 aliphatic rings. The number of likely N-dealkylation sites (N-methyl/N-ethyl adjacent to an activating group) is 1. The molecule has 0 fully saturated rings. The summed E-state index contributed by atoms with van der Waals surface area (Å²) in [5, 5.41) is 3.04. The molecule has 0 aromatic heterocycles. The Balaban J connectivity index is 2.46. The van der Waals surface area contributed by atoms with Crippen LogP contribution < -0.4 is 5.32 Å². The minimum Gasteiger partial charge on any atom is -0.354 e. The largest absolute Gasteiger partial charge is 0.354 e. The Morgan fingerprint density at radius 1 is 1.26 bits per heavy atom. The SMILES string of the molecule is CC(Cc1ccccc1)C(=O)NCC(C)(C)N(C)C. The van der Waals surface area contributed by atoms with Gasteiger partial charge in [-0.1, -0.05) is 37.3 Å². The lowest BCUT2D eigenvalue weighted by Crippen LogP contribution is -2.49. The number of hydrogen-bond acceptors (Lipinski definition) is 2. The van der Waals surface area contributed by atoms with E-state index >= 15 is 0 Å². The van der Waals surface area contributed by atoms with Gasteiger partial charge < -0.3 is 10.2 Å². The van der Waals surface area contributed by atoms with Gasteiger partial charge in [-0.3, -0.25) is 4.79 Å². The van der Waals surface area contributed by atoms with Crippen LogP contribution in [0.4, 0.5) is 0 Å². The zero-order valence-corrected chi connectivity index (χ0v) is 12.7. The van der Waals surface area contributed by atoms with E-state index in [0.29, 0.717) is 6.54 Å². The Kier molecular flexibility index (Phi) is 5.55. The molecule has 19 heavy (non-hydrogen) atoms. The smallest absolute Gasteiger partial charge is 0.223 e. The summed E-state index contributed by atoms with van der Waals surface area (Å²) in [6.45, 7) is 6.88. The molecule has 1 atom stereocenters. The van der Waals surface area contributed by atoms with Gasteiger partial charge >= 0.3 is 0 Å². The third-order valence-electron chi connectivity index (χ3n) is 3.74. The highest BCUT2D eigenvalue weighted by Crippen LogP contribution is 2.11. The molecular weight excluding hydrogens is 236 g/mol. The first kappa shape index (κ1) is 15.7. The van der Waals surface area contributed by atoms with Gasteiger partial charge in [-0.2, -0.15) is 0 Å². The number of amides is 1. The van der Waals surface area contributed by atoms with E-state index in [9.17, 15) is 4.79 Å². The monoisotopic (exact) mass is 262 g/mol. The Bertz CT molecular complexity index is 398. The van der Waals surface area contributed by atoms with Gasteiger partial charge in [0, 0.05) is 18.0 Å². The third-order valence-corrected chi connectivity index (χ3v) is 3.74. The third kappa shape index (κ3) is 5.03. The molecule has 0 saturated carbocycles. The van der Waals surface area contributed by atoms with Gasteiger partial charge in [0.05, 0.1) is 0 Å². The highest BCUT2D eigenvalue weighted by molar-refractivity contribution is 5.78. The zero-order chi connectivity index (χ0) is 14.5. The average Bonchev–Trinajstić information content (AvgIpc) is 2.37. The molecule has 0 saturated heterocycles. The summed E-state index contributed by atoms with van der Waals surface area (Å²) >= 11 is 0.